The van der Waals surface area contributed by atoms with E-state index in [-0.39, 0.29) is 0 Å². The minimum atomic E-state index is -1.16. The number of carbonyl (C=O) groups is 1. The van der Waals surface area contributed by atoms with Crippen molar-refractivity contribution in [3.05, 3.63) is 101 Å². The quantitative estimate of drug-likeness (QED) is 0.516. The minimum absolute atomic E-state index is 0.303. The predicted molar refractivity (Wildman–Crippen MR) is 105 cm³/mol. The lowest BCUT2D eigenvalue weighted by Crippen LogP contribution is -2.18. The molecule has 0 saturated heterocycles. The summed E-state index contributed by atoms with van der Waals surface area (Å²) in [6.45, 7) is 0. The van der Waals surface area contributed by atoms with Crippen LogP contribution in [0.4, 0.5) is 0 Å². The highest BCUT2D eigenvalue weighted by Crippen LogP contribution is 2.31. The molecular weight excluding hydrogens is 356 g/mol. The van der Waals surface area contributed by atoms with E-state index >= 15 is 0 Å². The van der Waals surface area contributed by atoms with Crippen LogP contribution < -0.4 is 10.4 Å². The molecule has 0 bridgehead atoms. The molecule has 0 saturated carbocycles. The van der Waals surface area contributed by atoms with Crippen LogP contribution in [0.1, 0.15) is 11.7 Å². The lowest BCUT2D eigenvalue weighted by Gasteiger charge is -2.16. The smallest absolute Gasteiger partial charge is 0.349 e. The Morgan fingerprint density at radius 1 is 0.893 bits per heavy atom. The predicted octanol–water partition coefficient (Wildman–Crippen LogP) is 4.66. The van der Waals surface area contributed by atoms with Gasteiger partial charge in [0.15, 0.2) is 0 Å². The maximum atomic E-state index is 12.0. The van der Waals surface area contributed by atoms with Gasteiger partial charge in [0.2, 0.25) is 6.10 Å². The molecule has 0 radical (unpaired) electrons. The van der Waals surface area contributed by atoms with Gasteiger partial charge in [0.1, 0.15) is 11.3 Å². The van der Waals surface area contributed by atoms with Gasteiger partial charge in [0.25, 0.3) is 0 Å². The summed E-state index contributed by atoms with van der Waals surface area (Å²) in [6.07, 6.45) is -1.16. The van der Waals surface area contributed by atoms with E-state index in [0.29, 0.717) is 16.9 Å². The fourth-order valence-electron chi connectivity index (χ4n) is 3.10. The number of fused-ring (bicyclic) bond motifs is 1. The average molecular weight is 372 g/mol. The molecule has 5 nitrogen and oxygen atoms in total. The highest BCUT2D eigenvalue weighted by atomic mass is 16.5. The van der Waals surface area contributed by atoms with Crippen LogP contribution in [0.25, 0.3) is 22.1 Å². The van der Waals surface area contributed by atoms with Crippen LogP contribution in [0.15, 0.2) is 94.1 Å². The molecule has 4 aromatic rings. The Morgan fingerprint density at radius 3 is 2.25 bits per heavy atom. The summed E-state index contributed by atoms with van der Waals surface area (Å²) in [6, 6.07) is 24.6. The highest BCUT2D eigenvalue weighted by molar-refractivity contribution is 5.93. The summed E-state index contributed by atoms with van der Waals surface area (Å²) >= 11 is 0. The standard InChI is InChI=1S/C23H16O5/c24-21-14-19(15-7-3-1-4-8-15)18-12-11-17(13-20(18)28-21)27-22(23(25)26)16-9-5-2-6-10-16/h1-14,22H,(H,25,26)/t22-/m1/s1. The first-order valence-corrected chi connectivity index (χ1v) is 8.69. The fraction of sp³-hybridized carbons (Fsp3) is 0.0435. The van der Waals surface area contributed by atoms with Crippen LogP contribution in [0.3, 0.4) is 0 Å². The van der Waals surface area contributed by atoms with E-state index in [0.717, 1.165) is 16.5 Å². The molecule has 0 aliphatic rings. The Balaban J connectivity index is 1.76. The molecule has 1 atom stereocenters. The summed E-state index contributed by atoms with van der Waals surface area (Å²) in [5, 5.41) is 10.3. The van der Waals surface area contributed by atoms with Gasteiger partial charge >= 0.3 is 11.6 Å². The second-order valence-corrected chi connectivity index (χ2v) is 6.25. The van der Waals surface area contributed by atoms with Crippen LogP contribution in [0, 0.1) is 0 Å². The van der Waals surface area contributed by atoms with Gasteiger partial charge in [-0.3, -0.25) is 0 Å². The SMILES string of the molecule is O=C(O)[C@H](Oc1ccc2c(-c3ccccc3)cc(=O)oc2c1)c1ccccc1. The maximum absolute atomic E-state index is 12.0. The number of carboxylic acid groups (broad SMARTS) is 1. The van der Waals surface area contributed by atoms with E-state index in [1.165, 1.54) is 6.07 Å². The lowest BCUT2D eigenvalue weighted by molar-refractivity contribution is -0.145. The zero-order chi connectivity index (χ0) is 19.5. The zero-order valence-corrected chi connectivity index (χ0v) is 14.7. The molecule has 0 spiro atoms. The van der Waals surface area contributed by atoms with Gasteiger partial charge in [-0.2, -0.15) is 0 Å². The normalized spacial score (nSPS) is 11.9. The van der Waals surface area contributed by atoms with Crippen LogP contribution in [-0.2, 0) is 4.79 Å². The third kappa shape index (κ3) is 3.50. The number of hydrogen-bond donors (Lipinski definition) is 1. The molecular formula is C23H16O5. The molecule has 0 unspecified atom stereocenters. The largest absolute Gasteiger partial charge is 0.478 e. The van der Waals surface area contributed by atoms with Crippen LogP contribution in [0.5, 0.6) is 5.75 Å². The molecule has 1 N–H and O–H groups in total. The third-order valence-electron chi connectivity index (χ3n) is 4.38. The van der Waals surface area contributed by atoms with E-state index in [1.54, 1.807) is 48.5 Å². The molecule has 0 aliphatic heterocycles. The summed E-state index contributed by atoms with van der Waals surface area (Å²) in [7, 11) is 0. The Kier molecular flexibility index (Phi) is 4.64. The van der Waals surface area contributed by atoms with Gasteiger partial charge in [-0.25, -0.2) is 9.59 Å². The topological polar surface area (TPSA) is 76.7 Å². The molecule has 0 amide bonds. The zero-order valence-electron chi connectivity index (χ0n) is 14.7. The fourth-order valence-corrected chi connectivity index (χ4v) is 3.10. The van der Waals surface area contributed by atoms with Crippen molar-refractivity contribution < 1.29 is 19.1 Å². The van der Waals surface area contributed by atoms with Crippen LogP contribution in [0.2, 0.25) is 0 Å². The van der Waals surface area contributed by atoms with Gasteiger partial charge in [-0.05, 0) is 23.3 Å². The molecule has 1 heterocycles. The monoisotopic (exact) mass is 372 g/mol. The van der Waals surface area contributed by atoms with Crippen molar-refractivity contribution in [1.82, 2.24) is 0 Å². The second-order valence-electron chi connectivity index (χ2n) is 6.25. The lowest BCUT2D eigenvalue weighted by atomic mass is 10.0. The van der Waals surface area contributed by atoms with Gasteiger partial charge < -0.3 is 14.3 Å². The molecule has 28 heavy (non-hydrogen) atoms. The van der Waals surface area contributed by atoms with E-state index < -0.39 is 17.7 Å². The first-order chi connectivity index (χ1) is 13.6. The summed E-state index contributed by atoms with van der Waals surface area (Å²) in [4.78, 5) is 23.7. The van der Waals surface area contributed by atoms with E-state index in [9.17, 15) is 14.7 Å². The van der Waals surface area contributed by atoms with E-state index in [1.807, 2.05) is 30.3 Å². The van der Waals surface area contributed by atoms with Gasteiger partial charge in [-0.15, -0.1) is 0 Å². The maximum Gasteiger partial charge on any atom is 0.349 e. The van der Waals surface area contributed by atoms with Gasteiger partial charge in [-0.1, -0.05) is 60.7 Å². The van der Waals surface area contributed by atoms with Crippen molar-refractivity contribution in [3.8, 4) is 16.9 Å². The van der Waals surface area contributed by atoms with Crippen molar-refractivity contribution >= 4 is 16.9 Å². The van der Waals surface area contributed by atoms with Crippen molar-refractivity contribution in [2.45, 2.75) is 6.10 Å². The van der Waals surface area contributed by atoms with Crippen molar-refractivity contribution in [1.29, 1.82) is 0 Å². The number of ether oxygens (including phenoxy) is 1. The molecule has 5 heteroatoms. The van der Waals surface area contributed by atoms with Crippen molar-refractivity contribution in [2.75, 3.05) is 0 Å². The summed E-state index contributed by atoms with van der Waals surface area (Å²) in [5.74, 6) is -0.803. The summed E-state index contributed by atoms with van der Waals surface area (Å²) < 4.78 is 11.0. The highest BCUT2D eigenvalue weighted by Gasteiger charge is 2.22. The average Bonchev–Trinajstić information content (AvgIpc) is 2.72. The minimum Gasteiger partial charge on any atom is -0.478 e. The van der Waals surface area contributed by atoms with E-state index in [4.69, 9.17) is 9.15 Å². The Labute approximate surface area is 160 Å². The van der Waals surface area contributed by atoms with Crippen molar-refractivity contribution in [3.63, 3.8) is 0 Å². The Hall–Kier alpha value is -3.86. The first kappa shape index (κ1) is 17.5. The third-order valence-corrected chi connectivity index (χ3v) is 4.38. The number of hydrogen-bond acceptors (Lipinski definition) is 4. The Bertz CT molecular complexity index is 1180. The van der Waals surface area contributed by atoms with Gasteiger partial charge in [0, 0.05) is 23.1 Å². The molecule has 0 fully saturated rings. The van der Waals surface area contributed by atoms with Crippen molar-refractivity contribution in [2.24, 2.45) is 0 Å². The molecule has 4 rings (SSSR count). The summed E-state index contributed by atoms with van der Waals surface area (Å²) in [5.41, 5.74) is 2.01. The molecule has 0 aliphatic carbocycles. The number of rotatable bonds is 5. The number of benzene rings is 3. The number of aliphatic carboxylic acids is 1. The molecule has 3 aromatic carbocycles. The van der Waals surface area contributed by atoms with Gasteiger partial charge in [0.05, 0.1) is 0 Å². The number of carboxylic acids is 1. The first-order valence-electron chi connectivity index (χ1n) is 8.69. The van der Waals surface area contributed by atoms with Crippen LogP contribution in [-0.4, -0.2) is 11.1 Å². The molecule has 138 valence electrons. The van der Waals surface area contributed by atoms with Crippen LogP contribution >= 0.6 is 0 Å². The Morgan fingerprint density at radius 2 is 1.57 bits per heavy atom. The molecule has 1 aromatic heterocycles. The van der Waals surface area contributed by atoms with E-state index in [2.05, 4.69) is 0 Å². The second kappa shape index (κ2) is 7.40.